The van der Waals surface area contributed by atoms with Gasteiger partial charge in [-0.15, -0.1) is 0 Å². The highest BCUT2D eigenvalue weighted by Crippen LogP contribution is 2.32. The fourth-order valence-electron chi connectivity index (χ4n) is 4.09. The fourth-order valence-corrected chi connectivity index (χ4v) is 4.09. The van der Waals surface area contributed by atoms with E-state index in [4.69, 9.17) is 0 Å². The molecule has 1 aliphatic rings. The maximum absolute atomic E-state index is 13.1. The molecular formula is C22H28N6O2. The summed E-state index contributed by atoms with van der Waals surface area (Å²) in [6.45, 7) is 8.56. The largest absolute Gasteiger partial charge is 0.336 e. The summed E-state index contributed by atoms with van der Waals surface area (Å²) in [7, 11) is 0. The number of carbonyl (C=O) groups excluding carboxylic acids is 2. The maximum Gasteiger partial charge on any atom is 0.274 e. The third kappa shape index (κ3) is 3.69. The molecule has 1 fully saturated rings. The molecule has 8 heteroatoms. The molecule has 0 spiro atoms. The first-order valence-corrected chi connectivity index (χ1v) is 10.5. The van der Waals surface area contributed by atoms with Crippen LogP contribution in [0.2, 0.25) is 0 Å². The highest BCUT2D eigenvalue weighted by molar-refractivity contribution is 5.98. The Morgan fingerprint density at radius 3 is 2.77 bits per heavy atom. The lowest BCUT2D eigenvalue weighted by Crippen LogP contribution is -2.50. The molecule has 2 amide bonds. The Morgan fingerprint density at radius 2 is 2.03 bits per heavy atom. The average molecular weight is 409 g/mol. The number of carbonyl (C=O) groups is 2. The number of nitrogens with zero attached hydrogens (tertiary/aromatic N) is 5. The van der Waals surface area contributed by atoms with Crippen LogP contribution in [0.5, 0.6) is 0 Å². The first-order chi connectivity index (χ1) is 14.4. The predicted octanol–water partition coefficient (Wildman–Crippen LogP) is 3.15. The molecule has 1 saturated heterocycles. The molecule has 1 unspecified atom stereocenters. The van der Waals surface area contributed by atoms with Crippen LogP contribution < -0.4 is 5.32 Å². The summed E-state index contributed by atoms with van der Waals surface area (Å²) >= 11 is 0. The molecule has 8 nitrogen and oxygen atoms in total. The number of piperidine rings is 1. The molecular weight excluding hydrogens is 380 g/mol. The second-order valence-corrected chi connectivity index (χ2v) is 8.14. The van der Waals surface area contributed by atoms with Crippen molar-refractivity contribution in [2.75, 3.05) is 18.4 Å². The quantitative estimate of drug-likeness (QED) is 0.703. The zero-order valence-corrected chi connectivity index (χ0v) is 17.8. The van der Waals surface area contributed by atoms with Gasteiger partial charge in [-0.3, -0.25) is 14.3 Å². The first kappa shape index (κ1) is 20.1. The van der Waals surface area contributed by atoms with Gasteiger partial charge < -0.3 is 14.8 Å². The van der Waals surface area contributed by atoms with Crippen LogP contribution in [0.25, 0.3) is 11.0 Å². The topological polar surface area (TPSA) is 85.0 Å². The normalized spacial score (nSPS) is 19.2. The van der Waals surface area contributed by atoms with E-state index in [1.54, 1.807) is 21.8 Å². The van der Waals surface area contributed by atoms with E-state index in [1.807, 2.05) is 38.4 Å². The van der Waals surface area contributed by atoms with Gasteiger partial charge in [0.1, 0.15) is 5.69 Å². The van der Waals surface area contributed by atoms with Crippen molar-refractivity contribution in [1.29, 1.82) is 0 Å². The number of rotatable bonds is 5. The second-order valence-electron chi connectivity index (χ2n) is 8.14. The van der Waals surface area contributed by atoms with Crippen LogP contribution in [0, 0.1) is 5.41 Å². The molecule has 0 bridgehead atoms. The van der Waals surface area contributed by atoms with Gasteiger partial charge in [-0.2, -0.15) is 5.10 Å². The molecule has 30 heavy (non-hydrogen) atoms. The van der Waals surface area contributed by atoms with E-state index in [1.165, 1.54) is 0 Å². The summed E-state index contributed by atoms with van der Waals surface area (Å²) in [5.74, 6) is -0.194. The lowest BCUT2D eigenvalue weighted by Gasteiger charge is -2.39. The van der Waals surface area contributed by atoms with Gasteiger partial charge in [0.2, 0.25) is 5.91 Å². The molecule has 158 valence electrons. The van der Waals surface area contributed by atoms with Gasteiger partial charge in [0.15, 0.2) is 0 Å². The lowest BCUT2D eigenvalue weighted by molar-refractivity contribution is -0.127. The molecule has 3 heterocycles. The van der Waals surface area contributed by atoms with E-state index in [2.05, 4.69) is 26.9 Å². The molecule has 0 radical (unpaired) electrons. The molecule has 1 atom stereocenters. The number of aryl methyl sites for hydroxylation is 2. The molecule has 3 aromatic rings. The Balaban J connectivity index is 1.48. The number of hydrogen-bond donors (Lipinski definition) is 1. The zero-order chi connectivity index (χ0) is 21.3. The Bertz CT molecular complexity index is 1080. The third-order valence-corrected chi connectivity index (χ3v) is 5.94. The minimum absolute atomic E-state index is 0.0756. The summed E-state index contributed by atoms with van der Waals surface area (Å²) < 4.78 is 3.80. The van der Waals surface area contributed by atoms with Crippen LogP contribution in [-0.2, 0) is 17.9 Å². The summed E-state index contributed by atoms with van der Waals surface area (Å²) in [4.78, 5) is 32.2. The zero-order valence-electron chi connectivity index (χ0n) is 17.8. The number of fused-ring (bicyclic) bond motifs is 1. The molecule has 0 saturated carbocycles. The number of nitrogens with one attached hydrogen (secondary N) is 1. The Hall–Kier alpha value is -3.16. The van der Waals surface area contributed by atoms with E-state index < -0.39 is 5.41 Å². The number of aromatic nitrogens is 4. The minimum Gasteiger partial charge on any atom is -0.336 e. The Morgan fingerprint density at radius 1 is 1.20 bits per heavy atom. The van der Waals surface area contributed by atoms with E-state index in [9.17, 15) is 9.59 Å². The summed E-state index contributed by atoms with van der Waals surface area (Å²) in [5.41, 5.74) is 2.40. The summed E-state index contributed by atoms with van der Waals surface area (Å²) in [6.07, 6.45) is 5.13. The molecule has 0 aliphatic carbocycles. The third-order valence-electron chi connectivity index (χ3n) is 5.94. The van der Waals surface area contributed by atoms with Crippen LogP contribution in [0.1, 0.15) is 44.1 Å². The lowest BCUT2D eigenvalue weighted by atomic mass is 9.80. The summed E-state index contributed by atoms with van der Waals surface area (Å²) in [6, 6.07) is 7.51. The number of imidazole rings is 1. The van der Waals surface area contributed by atoms with E-state index in [-0.39, 0.29) is 11.8 Å². The number of hydrogen-bond acceptors (Lipinski definition) is 4. The maximum atomic E-state index is 13.1. The van der Waals surface area contributed by atoms with Crippen LogP contribution in [-0.4, -0.2) is 49.1 Å². The number of benzene rings is 1. The Kier molecular flexibility index (Phi) is 5.32. The SMILES string of the molecule is CCn1ccc(C(=O)N2CCCC(C)(C(=O)Nc3ccc4c(c3)ncn4CC)C2)n1. The summed E-state index contributed by atoms with van der Waals surface area (Å²) in [5, 5.41) is 7.36. The van der Waals surface area contributed by atoms with Gasteiger partial charge in [0, 0.05) is 38.1 Å². The van der Waals surface area contributed by atoms with Gasteiger partial charge in [0.05, 0.1) is 22.8 Å². The van der Waals surface area contributed by atoms with Crippen molar-refractivity contribution in [2.45, 2.75) is 46.7 Å². The van der Waals surface area contributed by atoms with Gasteiger partial charge >= 0.3 is 0 Å². The van der Waals surface area contributed by atoms with Gasteiger partial charge in [-0.05, 0) is 57.9 Å². The monoisotopic (exact) mass is 408 g/mol. The predicted molar refractivity (Wildman–Crippen MR) is 115 cm³/mol. The first-order valence-electron chi connectivity index (χ1n) is 10.5. The van der Waals surface area contributed by atoms with Crippen molar-refractivity contribution >= 4 is 28.5 Å². The van der Waals surface area contributed by atoms with Crippen molar-refractivity contribution in [3.8, 4) is 0 Å². The van der Waals surface area contributed by atoms with Gasteiger partial charge in [-0.1, -0.05) is 0 Å². The van der Waals surface area contributed by atoms with E-state index in [0.29, 0.717) is 25.3 Å². The van der Waals surface area contributed by atoms with Crippen LogP contribution in [0.3, 0.4) is 0 Å². The minimum atomic E-state index is -0.654. The van der Waals surface area contributed by atoms with Crippen molar-refractivity contribution in [1.82, 2.24) is 24.2 Å². The van der Waals surface area contributed by atoms with Gasteiger partial charge in [0.25, 0.3) is 5.91 Å². The highest BCUT2D eigenvalue weighted by atomic mass is 16.2. The second kappa shape index (κ2) is 7.93. The molecule has 1 N–H and O–H groups in total. The smallest absolute Gasteiger partial charge is 0.274 e. The van der Waals surface area contributed by atoms with E-state index in [0.717, 1.165) is 36.1 Å². The van der Waals surface area contributed by atoms with Crippen LogP contribution >= 0.6 is 0 Å². The fraction of sp³-hybridized carbons (Fsp3) is 0.455. The highest BCUT2D eigenvalue weighted by Gasteiger charge is 2.40. The molecule has 1 aromatic carbocycles. The molecule has 1 aliphatic heterocycles. The standard InChI is InChI=1S/C22H28N6O2/c1-4-26-15-23-18-13-16(7-8-19(18)26)24-21(30)22(3)10-6-11-27(14-22)20(29)17-9-12-28(5-2)25-17/h7-9,12-13,15H,4-6,10-11,14H2,1-3H3,(H,24,30). The molecule has 2 aromatic heterocycles. The Labute approximate surface area is 175 Å². The van der Waals surface area contributed by atoms with E-state index >= 15 is 0 Å². The van der Waals surface area contributed by atoms with Crippen molar-refractivity contribution in [3.05, 3.63) is 42.5 Å². The number of likely N-dealkylation sites (tertiary alicyclic amines) is 1. The van der Waals surface area contributed by atoms with Crippen molar-refractivity contribution in [3.63, 3.8) is 0 Å². The van der Waals surface area contributed by atoms with Crippen molar-refractivity contribution < 1.29 is 9.59 Å². The average Bonchev–Trinajstić information content (AvgIpc) is 3.39. The van der Waals surface area contributed by atoms with Crippen LogP contribution in [0.15, 0.2) is 36.8 Å². The number of amides is 2. The van der Waals surface area contributed by atoms with Gasteiger partial charge in [-0.25, -0.2) is 4.98 Å². The van der Waals surface area contributed by atoms with Crippen LogP contribution in [0.4, 0.5) is 5.69 Å². The molecule has 4 rings (SSSR count). The number of anilines is 1. The van der Waals surface area contributed by atoms with Crippen molar-refractivity contribution in [2.24, 2.45) is 5.41 Å².